The van der Waals surface area contributed by atoms with Gasteiger partial charge in [0.15, 0.2) is 5.13 Å². The van der Waals surface area contributed by atoms with E-state index in [9.17, 15) is 9.59 Å². The van der Waals surface area contributed by atoms with Crippen LogP contribution in [-0.4, -0.2) is 20.7 Å². The Hall–Kier alpha value is -2.80. The van der Waals surface area contributed by atoms with Gasteiger partial charge in [-0.15, -0.1) is 11.3 Å². The second-order valence-electron chi connectivity index (χ2n) is 4.93. The Balaban J connectivity index is 1.70. The highest BCUT2D eigenvalue weighted by Crippen LogP contribution is 2.21. The molecule has 116 valence electrons. The molecule has 6 nitrogen and oxygen atoms in total. The van der Waals surface area contributed by atoms with Crippen LogP contribution >= 0.6 is 11.3 Å². The van der Waals surface area contributed by atoms with E-state index in [0.29, 0.717) is 5.13 Å². The highest BCUT2D eigenvalue weighted by atomic mass is 32.1. The van der Waals surface area contributed by atoms with E-state index in [2.05, 4.69) is 15.4 Å². The van der Waals surface area contributed by atoms with Gasteiger partial charge in [0.2, 0.25) is 0 Å². The fourth-order valence-electron chi connectivity index (χ4n) is 2.03. The molecular weight excluding hydrogens is 312 g/mol. The first-order valence-corrected chi connectivity index (χ1v) is 7.78. The molecule has 2 heterocycles. The molecule has 0 fully saturated rings. The number of anilines is 1. The van der Waals surface area contributed by atoms with Crippen molar-refractivity contribution in [2.24, 2.45) is 7.05 Å². The largest absolute Gasteiger partial charge is 0.296 e. The zero-order chi connectivity index (χ0) is 16.2. The first kappa shape index (κ1) is 15.1. The number of rotatable bonds is 4. The summed E-state index contributed by atoms with van der Waals surface area (Å²) >= 11 is 1.42. The SMILES string of the molecule is Cn1nc(C(=O)Nc2ncc(Cc3ccccc3)s2)ccc1=O. The Bertz CT molecular complexity index is 886. The highest BCUT2D eigenvalue weighted by Gasteiger charge is 2.11. The normalized spacial score (nSPS) is 10.5. The zero-order valence-electron chi connectivity index (χ0n) is 12.4. The molecular formula is C16H14N4O2S. The number of nitrogens with zero attached hydrogens (tertiary/aromatic N) is 3. The van der Waals surface area contributed by atoms with Gasteiger partial charge in [-0.2, -0.15) is 5.10 Å². The summed E-state index contributed by atoms with van der Waals surface area (Å²) in [5.41, 5.74) is 1.10. The van der Waals surface area contributed by atoms with E-state index in [-0.39, 0.29) is 17.2 Å². The molecule has 0 atom stereocenters. The molecule has 0 saturated heterocycles. The average molecular weight is 326 g/mol. The molecule has 2 aromatic heterocycles. The lowest BCUT2D eigenvalue weighted by Crippen LogP contribution is -2.23. The topological polar surface area (TPSA) is 76.9 Å². The molecule has 0 radical (unpaired) electrons. The number of carbonyl (C=O) groups is 1. The smallest absolute Gasteiger partial charge is 0.277 e. The minimum atomic E-state index is -0.388. The van der Waals surface area contributed by atoms with Crippen LogP contribution in [0.2, 0.25) is 0 Å². The number of benzene rings is 1. The monoisotopic (exact) mass is 326 g/mol. The number of thiazole rings is 1. The zero-order valence-corrected chi connectivity index (χ0v) is 13.2. The van der Waals surface area contributed by atoms with Crippen LogP contribution in [0.15, 0.2) is 53.5 Å². The van der Waals surface area contributed by atoms with E-state index >= 15 is 0 Å². The summed E-state index contributed by atoms with van der Waals surface area (Å²) in [4.78, 5) is 28.7. The van der Waals surface area contributed by atoms with Crippen LogP contribution in [0.4, 0.5) is 5.13 Å². The van der Waals surface area contributed by atoms with E-state index < -0.39 is 0 Å². The van der Waals surface area contributed by atoms with Gasteiger partial charge < -0.3 is 0 Å². The van der Waals surface area contributed by atoms with Crippen LogP contribution in [0.1, 0.15) is 20.9 Å². The summed E-state index contributed by atoms with van der Waals surface area (Å²) in [6.45, 7) is 0. The van der Waals surface area contributed by atoms with Crippen molar-refractivity contribution in [1.29, 1.82) is 0 Å². The summed E-state index contributed by atoms with van der Waals surface area (Å²) in [6.07, 6.45) is 2.52. The third kappa shape index (κ3) is 3.70. The lowest BCUT2D eigenvalue weighted by Gasteiger charge is -2.02. The van der Waals surface area contributed by atoms with Crippen molar-refractivity contribution in [1.82, 2.24) is 14.8 Å². The van der Waals surface area contributed by atoms with Gasteiger partial charge in [-0.05, 0) is 11.6 Å². The van der Waals surface area contributed by atoms with Crippen LogP contribution in [0.5, 0.6) is 0 Å². The maximum absolute atomic E-state index is 12.1. The van der Waals surface area contributed by atoms with E-state index in [1.807, 2.05) is 30.3 Å². The minimum Gasteiger partial charge on any atom is -0.296 e. The molecule has 0 aliphatic rings. The molecule has 0 saturated carbocycles. The second-order valence-corrected chi connectivity index (χ2v) is 6.04. The van der Waals surface area contributed by atoms with Crippen LogP contribution in [0, 0.1) is 0 Å². The lowest BCUT2D eigenvalue weighted by atomic mass is 10.1. The maximum Gasteiger partial charge on any atom is 0.277 e. The van der Waals surface area contributed by atoms with Gasteiger partial charge in [-0.1, -0.05) is 30.3 Å². The Morgan fingerprint density at radius 1 is 1.22 bits per heavy atom. The van der Waals surface area contributed by atoms with Crippen molar-refractivity contribution < 1.29 is 4.79 Å². The minimum absolute atomic E-state index is 0.173. The highest BCUT2D eigenvalue weighted by molar-refractivity contribution is 7.15. The van der Waals surface area contributed by atoms with Gasteiger partial charge in [-0.3, -0.25) is 14.9 Å². The molecule has 3 rings (SSSR count). The summed E-state index contributed by atoms with van der Waals surface area (Å²) in [6, 6.07) is 12.8. The van der Waals surface area contributed by atoms with Crippen molar-refractivity contribution >= 4 is 22.4 Å². The van der Waals surface area contributed by atoms with Gasteiger partial charge in [0.1, 0.15) is 5.69 Å². The summed E-state index contributed by atoms with van der Waals surface area (Å²) in [5.74, 6) is -0.388. The van der Waals surface area contributed by atoms with Gasteiger partial charge >= 0.3 is 0 Å². The standard InChI is InChI=1S/C16H14N4O2S/c1-20-14(21)8-7-13(19-20)15(22)18-16-17-10-12(23-16)9-11-5-3-2-4-6-11/h2-8,10H,9H2,1H3,(H,17,18,22). The van der Waals surface area contributed by atoms with E-state index in [4.69, 9.17) is 0 Å². The predicted octanol–water partition coefficient (Wildman–Crippen LogP) is 2.08. The first-order valence-electron chi connectivity index (χ1n) is 6.96. The molecule has 1 aromatic carbocycles. The van der Waals surface area contributed by atoms with Gasteiger partial charge in [0.25, 0.3) is 11.5 Å². The molecule has 0 aliphatic carbocycles. The Kier molecular flexibility index (Phi) is 4.29. The van der Waals surface area contributed by atoms with Crippen molar-refractivity contribution in [2.45, 2.75) is 6.42 Å². The quantitative estimate of drug-likeness (QED) is 0.796. The van der Waals surface area contributed by atoms with E-state index in [1.165, 1.54) is 36.1 Å². The van der Waals surface area contributed by atoms with E-state index in [1.54, 1.807) is 6.20 Å². The van der Waals surface area contributed by atoms with Gasteiger partial charge in [-0.25, -0.2) is 9.67 Å². The second kappa shape index (κ2) is 6.53. The van der Waals surface area contributed by atoms with Crippen LogP contribution < -0.4 is 10.9 Å². The molecule has 7 heteroatoms. The number of nitrogens with one attached hydrogen (secondary N) is 1. The van der Waals surface area contributed by atoms with Crippen LogP contribution in [0.25, 0.3) is 0 Å². The number of carbonyl (C=O) groups excluding carboxylic acids is 1. The fourth-order valence-corrected chi connectivity index (χ4v) is 2.87. The third-order valence-corrected chi connectivity index (χ3v) is 4.10. The molecule has 23 heavy (non-hydrogen) atoms. The first-order chi connectivity index (χ1) is 11.1. The molecule has 0 unspecified atom stereocenters. The lowest BCUT2D eigenvalue weighted by molar-refractivity contribution is 0.102. The predicted molar refractivity (Wildman–Crippen MR) is 88.8 cm³/mol. The van der Waals surface area contributed by atoms with Crippen molar-refractivity contribution in [2.75, 3.05) is 5.32 Å². The molecule has 3 aromatic rings. The van der Waals surface area contributed by atoms with Crippen molar-refractivity contribution in [3.8, 4) is 0 Å². The Labute approximate surface area is 136 Å². The Morgan fingerprint density at radius 3 is 2.74 bits per heavy atom. The molecule has 0 bridgehead atoms. The molecule has 1 N–H and O–H groups in total. The number of amides is 1. The molecule has 0 spiro atoms. The number of hydrogen-bond donors (Lipinski definition) is 1. The fraction of sp³-hybridized carbons (Fsp3) is 0.125. The molecule has 0 aliphatic heterocycles. The van der Waals surface area contributed by atoms with Crippen LogP contribution in [0.3, 0.4) is 0 Å². The summed E-state index contributed by atoms with van der Waals surface area (Å²) in [7, 11) is 1.50. The third-order valence-electron chi connectivity index (χ3n) is 3.19. The number of aromatic nitrogens is 3. The average Bonchev–Trinajstić information content (AvgIpc) is 2.98. The number of aryl methyl sites for hydroxylation is 1. The van der Waals surface area contributed by atoms with E-state index in [0.717, 1.165) is 16.0 Å². The van der Waals surface area contributed by atoms with Crippen LogP contribution in [-0.2, 0) is 13.5 Å². The number of hydrogen-bond acceptors (Lipinski definition) is 5. The van der Waals surface area contributed by atoms with Gasteiger partial charge in [0, 0.05) is 30.6 Å². The maximum atomic E-state index is 12.1. The summed E-state index contributed by atoms with van der Waals surface area (Å²) in [5, 5.41) is 7.12. The van der Waals surface area contributed by atoms with Crippen molar-refractivity contribution in [3.05, 3.63) is 75.1 Å². The Morgan fingerprint density at radius 2 is 2.00 bits per heavy atom. The van der Waals surface area contributed by atoms with Crippen molar-refractivity contribution in [3.63, 3.8) is 0 Å². The molecule has 1 amide bonds. The summed E-state index contributed by atoms with van der Waals surface area (Å²) < 4.78 is 1.12. The van der Waals surface area contributed by atoms with Gasteiger partial charge in [0.05, 0.1) is 0 Å².